The molecule has 8 nitrogen and oxygen atoms in total. The number of ether oxygens (including phenoxy) is 1. The van der Waals surface area contributed by atoms with Gasteiger partial charge in [-0.2, -0.15) is 9.78 Å². The predicted octanol–water partition coefficient (Wildman–Crippen LogP) is 4.12. The molecule has 2 aromatic heterocycles. The second kappa shape index (κ2) is 7.97. The van der Waals surface area contributed by atoms with Gasteiger partial charge in [0, 0.05) is 36.4 Å². The van der Waals surface area contributed by atoms with E-state index in [9.17, 15) is 9.59 Å². The minimum Gasteiger partial charge on any atom is -0.490 e. The summed E-state index contributed by atoms with van der Waals surface area (Å²) in [6, 6.07) is 6.68. The number of carbonyl (C=O) groups excluding carboxylic acids is 1. The number of aromatic carboxylic acids is 1. The van der Waals surface area contributed by atoms with Crippen molar-refractivity contribution in [3.05, 3.63) is 52.8 Å². The minimum atomic E-state index is -1.15. The van der Waals surface area contributed by atoms with Gasteiger partial charge in [-0.05, 0) is 48.9 Å². The molecule has 3 aromatic rings. The van der Waals surface area contributed by atoms with Gasteiger partial charge >= 0.3 is 12.0 Å². The van der Waals surface area contributed by atoms with Crippen LogP contribution in [-0.2, 0) is 0 Å². The highest BCUT2D eigenvalue weighted by Crippen LogP contribution is 2.41. The number of carboxylic acids is 1. The molecule has 1 aliphatic heterocycles. The average molecular weight is 459 g/mol. The van der Waals surface area contributed by atoms with Gasteiger partial charge < -0.3 is 14.7 Å². The summed E-state index contributed by atoms with van der Waals surface area (Å²) in [6.45, 7) is 1.24. The summed E-state index contributed by atoms with van der Waals surface area (Å²) < 4.78 is 7.35. The molecule has 2 aliphatic rings. The van der Waals surface area contributed by atoms with Gasteiger partial charge in [-0.25, -0.2) is 14.6 Å². The lowest BCUT2D eigenvalue weighted by molar-refractivity contribution is 0.0690. The molecule has 0 radical (unpaired) electrons. The molecule has 1 N–H and O–H groups in total. The number of benzene rings is 1. The zero-order chi connectivity index (χ0) is 21.5. The molecule has 1 aliphatic carbocycles. The van der Waals surface area contributed by atoms with Gasteiger partial charge in [0.1, 0.15) is 10.8 Å². The molecule has 2 fully saturated rings. The summed E-state index contributed by atoms with van der Waals surface area (Å²) in [5.74, 6) is 0.332. The van der Waals surface area contributed by atoms with Crippen LogP contribution in [0.2, 0.25) is 5.02 Å². The Morgan fingerprint density at radius 2 is 1.97 bits per heavy atom. The number of hydrogen-bond donors (Lipinski definition) is 1. The van der Waals surface area contributed by atoms with E-state index in [1.165, 1.54) is 23.6 Å². The highest BCUT2D eigenvalue weighted by Gasteiger charge is 2.43. The number of carbonyl (C=O) groups is 2. The summed E-state index contributed by atoms with van der Waals surface area (Å²) in [7, 11) is 0. The molecule has 1 saturated heterocycles. The van der Waals surface area contributed by atoms with E-state index in [1.54, 1.807) is 11.1 Å². The second-order valence-electron chi connectivity index (χ2n) is 7.85. The van der Waals surface area contributed by atoms with E-state index in [0.29, 0.717) is 29.9 Å². The van der Waals surface area contributed by atoms with Crippen LogP contribution in [0.1, 0.15) is 23.3 Å². The topological polar surface area (TPSA) is 97.5 Å². The number of fused-ring (bicyclic) bond motifs is 1. The number of thiazole rings is 1. The molecule has 3 heterocycles. The third-order valence-corrected chi connectivity index (χ3v) is 7.02. The molecule has 0 spiro atoms. The number of rotatable bonds is 4. The number of amides is 1. The van der Waals surface area contributed by atoms with Crippen molar-refractivity contribution in [3.8, 4) is 16.3 Å². The summed E-state index contributed by atoms with van der Waals surface area (Å²) >= 11 is 7.86. The quantitative estimate of drug-likeness (QED) is 0.631. The fraction of sp³-hybridized carbons (Fsp3) is 0.333. The molecule has 1 saturated carbocycles. The van der Waals surface area contributed by atoms with E-state index in [0.717, 1.165) is 33.8 Å². The maximum Gasteiger partial charge on any atom is 0.356 e. The molecule has 1 unspecified atom stereocenters. The third-order valence-electron chi connectivity index (χ3n) is 5.89. The van der Waals surface area contributed by atoms with Crippen LogP contribution in [-0.4, -0.2) is 56.0 Å². The SMILES string of the molecule is O=C(O)c1ccn(C(=O)N2C[C@H]3CC(Oc4ccc(Cl)c(-c5nccs5)c4)C[C@H]3C2)n1. The van der Waals surface area contributed by atoms with E-state index >= 15 is 0 Å². The predicted molar refractivity (Wildman–Crippen MR) is 115 cm³/mol. The van der Waals surface area contributed by atoms with Crippen LogP contribution in [0.4, 0.5) is 4.79 Å². The monoisotopic (exact) mass is 458 g/mol. The Kier molecular flexibility index (Phi) is 5.15. The standard InChI is InChI=1S/C21H19ClN4O4S/c22-17-2-1-14(9-16(17)19-23-4-6-31-19)30-15-7-12-10-25(11-13(12)8-15)21(29)26-5-3-18(24-26)20(27)28/h1-6,9,12-13,15H,7-8,10-11H2,(H,27,28)/t12-,13+,15?. The lowest BCUT2D eigenvalue weighted by Gasteiger charge is -2.20. The lowest BCUT2D eigenvalue weighted by Crippen LogP contribution is -2.34. The average Bonchev–Trinajstić information content (AvgIpc) is 3.52. The number of carboxylic acid groups (broad SMARTS) is 1. The smallest absolute Gasteiger partial charge is 0.356 e. The van der Waals surface area contributed by atoms with Crippen molar-refractivity contribution in [3.63, 3.8) is 0 Å². The number of hydrogen-bond acceptors (Lipinski definition) is 6. The first-order chi connectivity index (χ1) is 15.0. The minimum absolute atomic E-state index is 0.0842. The van der Waals surface area contributed by atoms with E-state index in [-0.39, 0.29) is 17.8 Å². The maximum absolute atomic E-state index is 12.7. The largest absolute Gasteiger partial charge is 0.490 e. The van der Waals surface area contributed by atoms with E-state index < -0.39 is 5.97 Å². The Morgan fingerprint density at radius 3 is 2.61 bits per heavy atom. The summed E-state index contributed by atoms with van der Waals surface area (Å²) in [5.41, 5.74) is 0.727. The Morgan fingerprint density at radius 1 is 1.19 bits per heavy atom. The van der Waals surface area contributed by atoms with Crippen molar-refractivity contribution in [2.75, 3.05) is 13.1 Å². The molecular weight excluding hydrogens is 440 g/mol. The summed E-state index contributed by atoms with van der Waals surface area (Å²) in [6.07, 6.45) is 4.96. The van der Waals surface area contributed by atoms with Gasteiger partial charge in [0.05, 0.1) is 11.1 Å². The maximum atomic E-state index is 12.7. The van der Waals surface area contributed by atoms with E-state index in [4.69, 9.17) is 21.4 Å². The van der Waals surface area contributed by atoms with Crippen LogP contribution in [0.25, 0.3) is 10.6 Å². The van der Waals surface area contributed by atoms with Gasteiger partial charge in [-0.15, -0.1) is 11.3 Å². The normalized spacial score (nSPS) is 22.5. The molecule has 1 amide bonds. The van der Waals surface area contributed by atoms with Crippen LogP contribution in [0, 0.1) is 11.8 Å². The van der Waals surface area contributed by atoms with Gasteiger partial charge in [-0.3, -0.25) is 0 Å². The van der Waals surface area contributed by atoms with E-state index in [2.05, 4.69) is 10.1 Å². The van der Waals surface area contributed by atoms with Crippen molar-refractivity contribution in [2.24, 2.45) is 11.8 Å². The summed E-state index contributed by atoms with van der Waals surface area (Å²) in [4.78, 5) is 29.7. The Labute approximate surface area is 187 Å². The van der Waals surface area contributed by atoms with Crippen molar-refractivity contribution in [2.45, 2.75) is 18.9 Å². The molecular formula is C21H19ClN4O4S. The zero-order valence-corrected chi connectivity index (χ0v) is 17.9. The fourth-order valence-electron chi connectivity index (χ4n) is 4.48. The molecule has 0 bridgehead atoms. The number of nitrogens with zero attached hydrogens (tertiary/aromatic N) is 4. The van der Waals surface area contributed by atoms with Crippen molar-refractivity contribution in [1.82, 2.24) is 19.7 Å². The van der Waals surface area contributed by atoms with Gasteiger partial charge in [-0.1, -0.05) is 11.6 Å². The first-order valence-electron chi connectivity index (χ1n) is 9.92. The number of likely N-dealkylation sites (tertiary alicyclic amines) is 1. The van der Waals surface area contributed by atoms with Crippen LogP contribution in [0.5, 0.6) is 5.75 Å². The molecule has 1 aromatic carbocycles. The van der Waals surface area contributed by atoms with Crippen LogP contribution >= 0.6 is 22.9 Å². The molecule has 3 atom stereocenters. The number of halogens is 1. The Balaban J connectivity index is 1.21. The lowest BCUT2D eigenvalue weighted by atomic mass is 10.0. The Hall–Kier alpha value is -2.91. The highest BCUT2D eigenvalue weighted by atomic mass is 35.5. The third kappa shape index (κ3) is 3.90. The van der Waals surface area contributed by atoms with Gasteiger partial charge in [0.25, 0.3) is 0 Å². The summed E-state index contributed by atoms with van der Waals surface area (Å²) in [5, 5.41) is 16.2. The Bertz CT molecular complexity index is 1120. The molecule has 5 rings (SSSR count). The first kappa shape index (κ1) is 20.0. The van der Waals surface area contributed by atoms with Crippen LogP contribution in [0.15, 0.2) is 42.0 Å². The van der Waals surface area contributed by atoms with Crippen molar-refractivity contribution < 1.29 is 19.4 Å². The van der Waals surface area contributed by atoms with Gasteiger partial charge in [0.2, 0.25) is 0 Å². The molecule has 31 heavy (non-hydrogen) atoms. The first-order valence-corrected chi connectivity index (χ1v) is 11.2. The molecule has 160 valence electrons. The molecule has 10 heteroatoms. The fourth-order valence-corrected chi connectivity index (χ4v) is 5.41. The second-order valence-corrected chi connectivity index (χ2v) is 9.15. The van der Waals surface area contributed by atoms with E-state index in [1.807, 2.05) is 23.6 Å². The highest BCUT2D eigenvalue weighted by molar-refractivity contribution is 7.13. The van der Waals surface area contributed by atoms with Gasteiger partial charge in [0.15, 0.2) is 5.69 Å². The van der Waals surface area contributed by atoms with Crippen molar-refractivity contribution in [1.29, 1.82) is 0 Å². The van der Waals surface area contributed by atoms with Crippen LogP contribution < -0.4 is 4.74 Å². The number of aromatic nitrogens is 3. The zero-order valence-electron chi connectivity index (χ0n) is 16.3. The van der Waals surface area contributed by atoms with Crippen molar-refractivity contribution >= 4 is 34.9 Å². The van der Waals surface area contributed by atoms with Crippen LogP contribution in [0.3, 0.4) is 0 Å².